The molecule has 1 rings (SSSR count). The smallest absolute Gasteiger partial charge is 0.380 e. The topological polar surface area (TPSA) is 38.7 Å². The summed E-state index contributed by atoms with van der Waals surface area (Å²) in [5.41, 5.74) is 0. The Labute approximate surface area is 120 Å². The lowest BCUT2D eigenvalue weighted by atomic mass is 9.99. The maximum Gasteiger partial charge on any atom is 0.380 e. The molecule has 1 saturated heterocycles. The maximum absolute atomic E-state index is 13.3. The Morgan fingerprint density at radius 3 is 1.91 bits per heavy atom. The summed E-state index contributed by atoms with van der Waals surface area (Å²) in [5.74, 6) is -24.2. The van der Waals surface area contributed by atoms with E-state index in [9.17, 15) is 35.1 Å². The van der Waals surface area contributed by atoms with E-state index in [0.29, 0.717) is 12.8 Å². The van der Waals surface area contributed by atoms with Gasteiger partial charge in [0.25, 0.3) is 0 Å². The van der Waals surface area contributed by atoms with Crippen LogP contribution in [0.5, 0.6) is 0 Å². The zero-order chi connectivity index (χ0) is 17.2. The first-order chi connectivity index (χ1) is 9.89. The molecule has 1 heterocycles. The molecule has 0 aromatic heterocycles. The molecule has 1 atom stereocenters. The summed E-state index contributed by atoms with van der Waals surface area (Å²) in [6, 6.07) is 0. The van der Waals surface area contributed by atoms with Crippen LogP contribution in [-0.4, -0.2) is 54.9 Å². The SMILES string of the molecule is OCC(F)(F)C(F)(F)C(F)(F)C(F)(F)COC1CCCCO1. The molecule has 0 radical (unpaired) electrons. The second kappa shape index (κ2) is 6.44. The molecule has 1 aliphatic heterocycles. The second-order valence-electron chi connectivity index (χ2n) is 4.82. The molecule has 1 fully saturated rings. The molecule has 0 amide bonds. The Kier molecular flexibility index (Phi) is 5.67. The normalized spacial score (nSPS) is 22.0. The highest BCUT2D eigenvalue weighted by Crippen LogP contribution is 2.52. The molecule has 0 bridgehead atoms. The van der Waals surface area contributed by atoms with Crippen molar-refractivity contribution in [2.75, 3.05) is 19.8 Å². The number of halogens is 8. The molecule has 0 spiro atoms. The van der Waals surface area contributed by atoms with Gasteiger partial charge in [-0.05, 0) is 19.3 Å². The van der Waals surface area contributed by atoms with Crippen LogP contribution in [0.15, 0.2) is 0 Å². The molecule has 0 saturated carbocycles. The predicted octanol–water partition coefficient (Wildman–Crippen LogP) is 3.06. The first-order valence-corrected chi connectivity index (χ1v) is 6.24. The van der Waals surface area contributed by atoms with Crippen LogP contribution < -0.4 is 0 Å². The third kappa shape index (κ3) is 3.46. The number of alkyl halides is 8. The van der Waals surface area contributed by atoms with Crippen molar-refractivity contribution in [2.45, 2.75) is 49.2 Å². The number of hydrogen-bond acceptors (Lipinski definition) is 3. The lowest BCUT2D eigenvalue weighted by molar-refractivity contribution is -0.379. The van der Waals surface area contributed by atoms with E-state index in [-0.39, 0.29) is 13.0 Å². The van der Waals surface area contributed by atoms with Gasteiger partial charge in [0.15, 0.2) is 6.29 Å². The van der Waals surface area contributed by atoms with Crippen LogP contribution in [0.4, 0.5) is 35.1 Å². The van der Waals surface area contributed by atoms with E-state index in [1.165, 1.54) is 0 Å². The summed E-state index contributed by atoms with van der Waals surface area (Å²) in [5, 5.41) is 8.03. The van der Waals surface area contributed by atoms with Gasteiger partial charge in [-0.3, -0.25) is 0 Å². The lowest BCUT2D eigenvalue weighted by Crippen LogP contribution is -2.64. The molecule has 3 nitrogen and oxygen atoms in total. The molecule has 11 heteroatoms. The Morgan fingerprint density at radius 1 is 0.909 bits per heavy atom. The summed E-state index contributed by atoms with van der Waals surface area (Å²) in [7, 11) is 0. The average molecular weight is 346 g/mol. The van der Waals surface area contributed by atoms with E-state index < -0.39 is 43.2 Å². The molecule has 132 valence electrons. The van der Waals surface area contributed by atoms with Gasteiger partial charge in [0.1, 0.15) is 13.2 Å². The van der Waals surface area contributed by atoms with Crippen LogP contribution >= 0.6 is 0 Å². The van der Waals surface area contributed by atoms with Gasteiger partial charge in [0, 0.05) is 6.61 Å². The molecule has 1 N–H and O–H groups in total. The minimum absolute atomic E-state index is 0.0881. The van der Waals surface area contributed by atoms with Crippen molar-refractivity contribution < 1.29 is 49.7 Å². The van der Waals surface area contributed by atoms with E-state index in [4.69, 9.17) is 9.84 Å². The predicted molar refractivity (Wildman–Crippen MR) is 56.4 cm³/mol. The van der Waals surface area contributed by atoms with Crippen molar-refractivity contribution in [2.24, 2.45) is 0 Å². The van der Waals surface area contributed by atoms with Gasteiger partial charge < -0.3 is 14.6 Å². The number of rotatable bonds is 7. The van der Waals surface area contributed by atoms with Crippen LogP contribution in [0.1, 0.15) is 19.3 Å². The average Bonchev–Trinajstić information content (AvgIpc) is 2.45. The van der Waals surface area contributed by atoms with E-state index in [0.717, 1.165) is 0 Å². The van der Waals surface area contributed by atoms with Gasteiger partial charge in [-0.1, -0.05) is 0 Å². The van der Waals surface area contributed by atoms with Crippen molar-refractivity contribution >= 4 is 0 Å². The zero-order valence-corrected chi connectivity index (χ0v) is 11.1. The highest BCUT2D eigenvalue weighted by Gasteiger charge is 2.80. The molecule has 0 aromatic carbocycles. The summed E-state index contributed by atoms with van der Waals surface area (Å²) >= 11 is 0. The van der Waals surface area contributed by atoms with Gasteiger partial charge in [0.05, 0.1) is 0 Å². The monoisotopic (exact) mass is 346 g/mol. The van der Waals surface area contributed by atoms with Crippen LogP contribution in [0, 0.1) is 0 Å². The van der Waals surface area contributed by atoms with Crippen LogP contribution in [0.3, 0.4) is 0 Å². The highest BCUT2D eigenvalue weighted by atomic mass is 19.4. The summed E-state index contributed by atoms with van der Waals surface area (Å²) in [6.07, 6.45) is -0.119. The minimum atomic E-state index is -6.46. The maximum atomic E-state index is 13.3. The first kappa shape index (κ1) is 19.4. The molecule has 0 aromatic rings. The Bertz CT molecular complexity index is 368. The Balaban J connectivity index is 2.83. The van der Waals surface area contributed by atoms with Gasteiger partial charge >= 0.3 is 23.7 Å². The quantitative estimate of drug-likeness (QED) is 0.720. The van der Waals surface area contributed by atoms with Gasteiger partial charge in [-0.2, -0.15) is 35.1 Å². The fourth-order valence-electron chi connectivity index (χ4n) is 1.69. The van der Waals surface area contributed by atoms with Crippen LogP contribution in [-0.2, 0) is 9.47 Å². The van der Waals surface area contributed by atoms with Crippen molar-refractivity contribution in [3.63, 3.8) is 0 Å². The number of ether oxygens (including phenoxy) is 2. The molecular weight excluding hydrogens is 332 g/mol. The number of aliphatic hydroxyl groups is 1. The van der Waals surface area contributed by atoms with Gasteiger partial charge in [-0.25, -0.2) is 0 Å². The van der Waals surface area contributed by atoms with Crippen molar-refractivity contribution in [3.8, 4) is 0 Å². The van der Waals surface area contributed by atoms with E-state index in [1.54, 1.807) is 0 Å². The molecule has 0 aliphatic carbocycles. The largest absolute Gasteiger partial charge is 0.390 e. The summed E-state index contributed by atoms with van der Waals surface area (Å²) in [6.45, 7) is -4.81. The van der Waals surface area contributed by atoms with E-state index in [2.05, 4.69) is 4.74 Å². The molecule has 22 heavy (non-hydrogen) atoms. The third-order valence-corrected chi connectivity index (χ3v) is 3.10. The van der Waals surface area contributed by atoms with Crippen molar-refractivity contribution in [1.29, 1.82) is 0 Å². The fourth-order valence-corrected chi connectivity index (χ4v) is 1.69. The zero-order valence-electron chi connectivity index (χ0n) is 11.1. The van der Waals surface area contributed by atoms with E-state index in [1.807, 2.05) is 0 Å². The van der Waals surface area contributed by atoms with Gasteiger partial charge in [0.2, 0.25) is 0 Å². The Hall–Kier alpha value is -0.680. The fraction of sp³-hybridized carbons (Fsp3) is 1.00. The van der Waals surface area contributed by atoms with Crippen molar-refractivity contribution in [1.82, 2.24) is 0 Å². The lowest BCUT2D eigenvalue weighted by Gasteiger charge is -2.36. The number of aliphatic hydroxyl groups excluding tert-OH is 1. The second-order valence-corrected chi connectivity index (χ2v) is 4.82. The molecular formula is C11H14F8O3. The standard InChI is InChI=1S/C11H14F8O3/c12-8(13,5-20)10(16,17)11(18,19)9(14,15)6-22-7-3-1-2-4-21-7/h7,20H,1-6H2. The number of hydrogen-bond donors (Lipinski definition) is 1. The van der Waals surface area contributed by atoms with Crippen LogP contribution in [0.25, 0.3) is 0 Å². The van der Waals surface area contributed by atoms with E-state index >= 15 is 0 Å². The molecule has 1 unspecified atom stereocenters. The first-order valence-electron chi connectivity index (χ1n) is 6.24. The van der Waals surface area contributed by atoms with Gasteiger partial charge in [-0.15, -0.1) is 0 Å². The Morgan fingerprint density at radius 2 is 1.45 bits per heavy atom. The third-order valence-electron chi connectivity index (χ3n) is 3.10. The van der Waals surface area contributed by atoms with Crippen LogP contribution in [0.2, 0.25) is 0 Å². The summed E-state index contributed by atoms with van der Waals surface area (Å²) in [4.78, 5) is 0. The van der Waals surface area contributed by atoms with Crippen molar-refractivity contribution in [3.05, 3.63) is 0 Å². The minimum Gasteiger partial charge on any atom is -0.390 e. The molecule has 1 aliphatic rings. The highest BCUT2D eigenvalue weighted by molar-refractivity contribution is 5.03. The summed E-state index contributed by atoms with van der Waals surface area (Å²) < 4.78 is 113.